The molecule has 2 saturated heterocycles. The fourth-order valence-corrected chi connectivity index (χ4v) is 2.84. The summed E-state index contributed by atoms with van der Waals surface area (Å²) < 4.78 is 0. The smallest absolute Gasteiger partial charge is 0.226 e. The van der Waals surface area contributed by atoms with Gasteiger partial charge in [0.25, 0.3) is 0 Å². The highest BCUT2D eigenvalue weighted by Gasteiger charge is 2.34. The highest BCUT2D eigenvalue weighted by atomic mass is 35.5. The quantitative estimate of drug-likeness (QED) is 0.843. The number of piperidine rings is 1. The van der Waals surface area contributed by atoms with Crippen LogP contribution >= 0.6 is 12.4 Å². The second kappa shape index (κ2) is 6.60. The molecule has 1 N–H and O–H groups in total. The molecule has 4 heteroatoms. The lowest BCUT2D eigenvalue weighted by atomic mass is 9.86. The molecule has 3 nitrogen and oxygen atoms in total. The van der Waals surface area contributed by atoms with E-state index in [2.05, 4.69) is 24.1 Å². The van der Waals surface area contributed by atoms with E-state index < -0.39 is 0 Å². The molecule has 0 aromatic rings. The van der Waals surface area contributed by atoms with E-state index in [1.54, 1.807) is 0 Å². The second-order valence-electron chi connectivity index (χ2n) is 5.30. The summed E-state index contributed by atoms with van der Waals surface area (Å²) in [5.74, 6) is 1.19. The summed E-state index contributed by atoms with van der Waals surface area (Å²) in [5.41, 5.74) is 0. The second-order valence-corrected chi connectivity index (χ2v) is 5.30. The van der Waals surface area contributed by atoms with Crippen LogP contribution in [-0.2, 0) is 4.79 Å². The Balaban J connectivity index is 0.00000144. The number of carbonyl (C=O) groups is 1. The van der Waals surface area contributed by atoms with Crippen molar-refractivity contribution in [1.82, 2.24) is 10.2 Å². The molecule has 0 aliphatic carbocycles. The van der Waals surface area contributed by atoms with Gasteiger partial charge in [-0.3, -0.25) is 4.79 Å². The predicted molar refractivity (Wildman–Crippen MR) is 72.4 cm³/mol. The Bertz CT molecular complexity index is 256. The molecule has 0 aromatic carbocycles. The van der Waals surface area contributed by atoms with Crippen molar-refractivity contribution < 1.29 is 4.79 Å². The third-order valence-electron chi connectivity index (χ3n) is 4.29. The van der Waals surface area contributed by atoms with Crippen LogP contribution in [0.25, 0.3) is 0 Å². The Morgan fingerprint density at radius 1 is 1.41 bits per heavy atom. The zero-order valence-corrected chi connectivity index (χ0v) is 11.8. The summed E-state index contributed by atoms with van der Waals surface area (Å²) in [5, 5.41) is 3.25. The Morgan fingerprint density at radius 2 is 2.12 bits per heavy atom. The minimum atomic E-state index is 0. The number of amides is 1. The lowest BCUT2D eigenvalue weighted by Crippen LogP contribution is -2.53. The third-order valence-corrected chi connectivity index (χ3v) is 4.29. The molecule has 2 heterocycles. The molecule has 0 spiro atoms. The summed E-state index contributed by atoms with van der Waals surface area (Å²) in [6, 6.07) is 0.511. The van der Waals surface area contributed by atoms with Crippen molar-refractivity contribution in [1.29, 1.82) is 0 Å². The summed E-state index contributed by atoms with van der Waals surface area (Å²) in [4.78, 5) is 14.6. The van der Waals surface area contributed by atoms with Crippen molar-refractivity contribution in [2.45, 2.75) is 45.6 Å². The Morgan fingerprint density at radius 3 is 2.65 bits per heavy atom. The van der Waals surface area contributed by atoms with E-state index in [0.717, 1.165) is 26.1 Å². The number of nitrogens with zero attached hydrogens (tertiary/aromatic N) is 1. The minimum absolute atomic E-state index is 0. The van der Waals surface area contributed by atoms with Crippen molar-refractivity contribution in [2.24, 2.45) is 11.8 Å². The van der Waals surface area contributed by atoms with E-state index in [0.29, 0.717) is 17.9 Å². The first kappa shape index (κ1) is 14.8. The lowest BCUT2D eigenvalue weighted by molar-refractivity contribution is -0.141. The van der Waals surface area contributed by atoms with Crippen LogP contribution in [0.5, 0.6) is 0 Å². The molecule has 2 aliphatic rings. The SMILES string of the molecule is CCC1CCCCN1C(=O)C(C)C1CNC1.Cl. The van der Waals surface area contributed by atoms with Crippen LogP contribution in [0, 0.1) is 11.8 Å². The standard InChI is InChI=1S/C13H24N2O.ClH/c1-3-12-6-4-5-7-15(12)13(16)10(2)11-8-14-9-11;/h10-12,14H,3-9H2,1-2H3;1H. The van der Waals surface area contributed by atoms with Gasteiger partial charge in [-0.05, 0) is 44.7 Å². The number of halogens is 1. The number of hydrogen-bond acceptors (Lipinski definition) is 2. The molecular formula is C13H25ClN2O. The fourth-order valence-electron chi connectivity index (χ4n) is 2.84. The van der Waals surface area contributed by atoms with Gasteiger partial charge in [0.1, 0.15) is 0 Å². The van der Waals surface area contributed by atoms with Gasteiger partial charge in [0.15, 0.2) is 0 Å². The van der Waals surface area contributed by atoms with E-state index >= 15 is 0 Å². The van der Waals surface area contributed by atoms with E-state index in [1.165, 1.54) is 19.3 Å². The minimum Gasteiger partial charge on any atom is -0.339 e. The number of nitrogens with one attached hydrogen (secondary N) is 1. The fraction of sp³-hybridized carbons (Fsp3) is 0.923. The van der Waals surface area contributed by atoms with Crippen LogP contribution in [0.15, 0.2) is 0 Å². The highest BCUT2D eigenvalue weighted by molar-refractivity contribution is 5.85. The van der Waals surface area contributed by atoms with Gasteiger partial charge in [-0.1, -0.05) is 13.8 Å². The van der Waals surface area contributed by atoms with E-state index in [-0.39, 0.29) is 18.3 Å². The van der Waals surface area contributed by atoms with Gasteiger partial charge in [0, 0.05) is 18.5 Å². The van der Waals surface area contributed by atoms with Crippen LogP contribution in [0.1, 0.15) is 39.5 Å². The summed E-state index contributed by atoms with van der Waals surface area (Å²) in [6.07, 6.45) is 4.80. The zero-order chi connectivity index (χ0) is 11.5. The van der Waals surface area contributed by atoms with Gasteiger partial charge < -0.3 is 10.2 Å². The summed E-state index contributed by atoms with van der Waals surface area (Å²) >= 11 is 0. The highest BCUT2D eigenvalue weighted by Crippen LogP contribution is 2.25. The van der Waals surface area contributed by atoms with Crippen LogP contribution in [0.4, 0.5) is 0 Å². The molecule has 2 unspecified atom stereocenters. The molecule has 0 radical (unpaired) electrons. The molecule has 0 aromatic heterocycles. The Hall–Kier alpha value is -0.280. The number of carbonyl (C=O) groups excluding carboxylic acids is 1. The van der Waals surface area contributed by atoms with Gasteiger partial charge in [-0.2, -0.15) is 0 Å². The van der Waals surface area contributed by atoms with Gasteiger partial charge in [0.2, 0.25) is 5.91 Å². The average Bonchev–Trinajstić information content (AvgIpc) is 2.25. The molecule has 0 bridgehead atoms. The van der Waals surface area contributed by atoms with Gasteiger partial charge in [-0.15, -0.1) is 12.4 Å². The van der Waals surface area contributed by atoms with Gasteiger partial charge in [0.05, 0.1) is 0 Å². The monoisotopic (exact) mass is 260 g/mol. The average molecular weight is 261 g/mol. The van der Waals surface area contributed by atoms with E-state index in [9.17, 15) is 4.79 Å². The molecule has 17 heavy (non-hydrogen) atoms. The molecule has 2 aliphatic heterocycles. The molecule has 100 valence electrons. The van der Waals surface area contributed by atoms with Crippen LogP contribution in [-0.4, -0.2) is 36.5 Å². The number of rotatable bonds is 3. The molecule has 2 rings (SSSR count). The van der Waals surface area contributed by atoms with Crippen LogP contribution < -0.4 is 5.32 Å². The molecular weight excluding hydrogens is 236 g/mol. The van der Waals surface area contributed by atoms with Crippen LogP contribution in [0.3, 0.4) is 0 Å². The maximum Gasteiger partial charge on any atom is 0.226 e. The predicted octanol–water partition coefficient (Wildman–Crippen LogP) is 2.05. The summed E-state index contributed by atoms with van der Waals surface area (Å²) in [6.45, 7) is 7.35. The largest absolute Gasteiger partial charge is 0.339 e. The van der Waals surface area contributed by atoms with Crippen molar-refractivity contribution in [3.8, 4) is 0 Å². The maximum absolute atomic E-state index is 12.4. The van der Waals surface area contributed by atoms with Crippen molar-refractivity contribution >= 4 is 18.3 Å². The van der Waals surface area contributed by atoms with Crippen molar-refractivity contribution in [3.63, 3.8) is 0 Å². The first-order chi connectivity index (χ1) is 7.74. The zero-order valence-electron chi connectivity index (χ0n) is 10.9. The van der Waals surface area contributed by atoms with Crippen molar-refractivity contribution in [3.05, 3.63) is 0 Å². The van der Waals surface area contributed by atoms with Crippen LogP contribution in [0.2, 0.25) is 0 Å². The van der Waals surface area contributed by atoms with Gasteiger partial charge >= 0.3 is 0 Å². The van der Waals surface area contributed by atoms with Gasteiger partial charge in [-0.25, -0.2) is 0 Å². The molecule has 2 fully saturated rings. The summed E-state index contributed by atoms with van der Waals surface area (Å²) in [7, 11) is 0. The Kier molecular flexibility index (Phi) is 5.74. The third kappa shape index (κ3) is 3.14. The van der Waals surface area contributed by atoms with Crippen molar-refractivity contribution in [2.75, 3.05) is 19.6 Å². The molecule has 1 amide bonds. The molecule has 2 atom stereocenters. The normalized spacial score (nSPS) is 26.9. The first-order valence-corrected chi connectivity index (χ1v) is 6.75. The van der Waals surface area contributed by atoms with E-state index in [1.807, 2.05) is 0 Å². The number of hydrogen-bond donors (Lipinski definition) is 1. The first-order valence-electron chi connectivity index (χ1n) is 6.75. The maximum atomic E-state index is 12.4. The lowest BCUT2D eigenvalue weighted by Gasteiger charge is -2.40. The van der Waals surface area contributed by atoms with E-state index in [4.69, 9.17) is 0 Å². The topological polar surface area (TPSA) is 32.3 Å². The Labute approximate surface area is 111 Å². The molecule has 0 saturated carbocycles. The number of likely N-dealkylation sites (tertiary alicyclic amines) is 1.